The van der Waals surface area contributed by atoms with Crippen molar-refractivity contribution in [1.82, 2.24) is 0 Å². The molecule has 0 spiro atoms. The van der Waals surface area contributed by atoms with Crippen LogP contribution in [0, 0.1) is 6.92 Å². The molecule has 0 aliphatic carbocycles. The summed E-state index contributed by atoms with van der Waals surface area (Å²) in [6.45, 7) is 1.87. The highest BCUT2D eigenvalue weighted by atomic mass is 35.5. The van der Waals surface area contributed by atoms with Crippen molar-refractivity contribution in [3.05, 3.63) is 107 Å². The van der Waals surface area contributed by atoms with Gasteiger partial charge in [-0.1, -0.05) is 11.6 Å². The number of halogens is 1. The summed E-state index contributed by atoms with van der Waals surface area (Å²) in [6.07, 6.45) is 3.95. The molecule has 0 atom stereocenters. The number of nitrogens with one attached hydrogen (secondary N) is 1. The molecule has 1 amide bonds. The third-order valence-electron chi connectivity index (χ3n) is 5.00. The van der Waals surface area contributed by atoms with E-state index in [1.54, 1.807) is 48.5 Å². The summed E-state index contributed by atoms with van der Waals surface area (Å²) < 4.78 is 11.3. The topological polar surface area (TPSA) is 72.5 Å². The minimum Gasteiger partial charge on any atom is -0.466 e. The van der Waals surface area contributed by atoms with Crippen molar-refractivity contribution in [3.8, 4) is 11.3 Å². The number of aryl methyl sites for hydroxylation is 2. The van der Waals surface area contributed by atoms with Crippen LogP contribution in [0.4, 0.5) is 5.69 Å². The molecule has 166 valence electrons. The maximum atomic E-state index is 12.5. The molecular formula is C27H22ClNO4. The van der Waals surface area contributed by atoms with Gasteiger partial charge in [0.05, 0.1) is 0 Å². The SMILES string of the molecule is Cc1ccc(CCC(=O)Nc2ccc(C(=O)/C=C/c3ccc(-c4ccc(Cl)cc4)o3)cc2)o1. The Kier molecular flexibility index (Phi) is 6.91. The van der Waals surface area contributed by atoms with Crippen molar-refractivity contribution in [3.63, 3.8) is 0 Å². The number of amides is 1. The molecule has 6 heteroatoms. The fourth-order valence-corrected chi connectivity index (χ4v) is 3.39. The molecule has 0 radical (unpaired) electrons. The van der Waals surface area contributed by atoms with Gasteiger partial charge in [-0.15, -0.1) is 0 Å². The number of ketones is 1. The molecule has 2 heterocycles. The molecule has 0 saturated carbocycles. The van der Waals surface area contributed by atoms with Crippen LogP contribution in [0.2, 0.25) is 5.02 Å². The quantitative estimate of drug-likeness (QED) is 0.228. The Morgan fingerprint density at radius 1 is 0.909 bits per heavy atom. The van der Waals surface area contributed by atoms with E-state index in [1.807, 2.05) is 37.3 Å². The van der Waals surface area contributed by atoms with Gasteiger partial charge >= 0.3 is 0 Å². The Morgan fingerprint density at radius 2 is 1.67 bits per heavy atom. The molecule has 33 heavy (non-hydrogen) atoms. The standard InChI is InChI=1S/C27H22ClNO4/c1-18-2-11-23(32-18)14-17-27(31)29-22-9-5-19(6-10-22)25(30)15-12-24-13-16-26(33-24)20-3-7-21(28)8-4-20/h2-13,15-16H,14,17H2,1H3,(H,29,31)/b15-12+. The highest BCUT2D eigenvalue weighted by molar-refractivity contribution is 6.30. The van der Waals surface area contributed by atoms with E-state index in [-0.39, 0.29) is 11.7 Å². The average Bonchev–Trinajstić information content (AvgIpc) is 3.46. The van der Waals surface area contributed by atoms with Gasteiger partial charge in [-0.3, -0.25) is 9.59 Å². The van der Waals surface area contributed by atoms with Crippen LogP contribution >= 0.6 is 11.6 Å². The summed E-state index contributed by atoms with van der Waals surface area (Å²) in [5.41, 5.74) is 2.05. The Bertz CT molecular complexity index is 1280. The van der Waals surface area contributed by atoms with E-state index in [4.69, 9.17) is 20.4 Å². The Labute approximate surface area is 196 Å². The fraction of sp³-hybridized carbons (Fsp3) is 0.111. The number of allylic oxidation sites excluding steroid dienone is 1. The summed E-state index contributed by atoms with van der Waals surface area (Å²) in [7, 11) is 0. The second-order valence-corrected chi connectivity index (χ2v) is 7.98. The molecule has 0 bridgehead atoms. The number of hydrogen-bond acceptors (Lipinski definition) is 4. The van der Waals surface area contributed by atoms with Gasteiger partial charge in [-0.2, -0.15) is 0 Å². The first-order valence-electron chi connectivity index (χ1n) is 10.5. The first kappa shape index (κ1) is 22.4. The maximum Gasteiger partial charge on any atom is 0.224 e. The lowest BCUT2D eigenvalue weighted by Gasteiger charge is -2.05. The van der Waals surface area contributed by atoms with Crippen LogP contribution in [0.1, 0.15) is 34.1 Å². The van der Waals surface area contributed by atoms with Crippen LogP contribution in [-0.2, 0) is 11.2 Å². The summed E-state index contributed by atoms with van der Waals surface area (Å²) in [6, 6.07) is 21.5. The summed E-state index contributed by atoms with van der Waals surface area (Å²) in [5.74, 6) is 2.61. The van der Waals surface area contributed by atoms with Crippen molar-refractivity contribution in [2.45, 2.75) is 19.8 Å². The minimum atomic E-state index is -0.162. The van der Waals surface area contributed by atoms with Gasteiger partial charge in [-0.25, -0.2) is 0 Å². The zero-order chi connectivity index (χ0) is 23.2. The van der Waals surface area contributed by atoms with Crippen molar-refractivity contribution >= 4 is 35.1 Å². The molecule has 5 nitrogen and oxygen atoms in total. The molecule has 4 aromatic rings. The van der Waals surface area contributed by atoms with Crippen LogP contribution in [-0.4, -0.2) is 11.7 Å². The van der Waals surface area contributed by atoms with Gasteiger partial charge in [0.1, 0.15) is 23.0 Å². The molecule has 0 saturated heterocycles. The number of carbonyl (C=O) groups excluding carboxylic acids is 2. The smallest absolute Gasteiger partial charge is 0.224 e. The second-order valence-electron chi connectivity index (χ2n) is 7.54. The van der Waals surface area contributed by atoms with Crippen molar-refractivity contribution in [2.75, 3.05) is 5.32 Å². The van der Waals surface area contributed by atoms with E-state index in [9.17, 15) is 9.59 Å². The monoisotopic (exact) mass is 459 g/mol. The average molecular weight is 460 g/mol. The zero-order valence-corrected chi connectivity index (χ0v) is 18.8. The van der Waals surface area contributed by atoms with Gasteiger partial charge in [0.2, 0.25) is 5.91 Å². The first-order valence-corrected chi connectivity index (χ1v) is 10.9. The Balaban J connectivity index is 1.31. The van der Waals surface area contributed by atoms with Crippen LogP contribution in [0.25, 0.3) is 17.4 Å². The highest BCUT2D eigenvalue weighted by Crippen LogP contribution is 2.24. The van der Waals surface area contributed by atoms with Crippen LogP contribution in [0.15, 0.2) is 87.7 Å². The molecule has 2 aromatic carbocycles. The fourth-order valence-electron chi connectivity index (χ4n) is 3.26. The van der Waals surface area contributed by atoms with Crippen LogP contribution in [0.3, 0.4) is 0 Å². The highest BCUT2D eigenvalue weighted by Gasteiger charge is 2.08. The second kappa shape index (κ2) is 10.2. The molecule has 0 aliphatic heterocycles. The summed E-state index contributed by atoms with van der Waals surface area (Å²) >= 11 is 5.92. The predicted molar refractivity (Wildman–Crippen MR) is 129 cm³/mol. The maximum absolute atomic E-state index is 12.5. The molecule has 2 aromatic heterocycles. The van der Waals surface area contributed by atoms with E-state index in [1.165, 1.54) is 6.08 Å². The number of rotatable bonds is 8. The summed E-state index contributed by atoms with van der Waals surface area (Å²) in [5, 5.41) is 3.49. The van der Waals surface area contributed by atoms with E-state index in [0.717, 1.165) is 17.1 Å². The molecule has 0 fully saturated rings. The largest absolute Gasteiger partial charge is 0.466 e. The predicted octanol–water partition coefficient (Wildman–Crippen LogP) is 6.97. The van der Waals surface area contributed by atoms with Crippen molar-refractivity contribution < 1.29 is 18.4 Å². The van der Waals surface area contributed by atoms with Gasteiger partial charge < -0.3 is 14.2 Å². The minimum absolute atomic E-state index is 0.114. The van der Waals surface area contributed by atoms with Gasteiger partial charge in [-0.05, 0) is 91.9 Å². The molecule has 1 N–H and O–H groups in total. The Morgan fingerprint density at radius 3 is 2.36 bits per heavy atom. The van der Waals surface area contributed by atoms with Crippen molar-refractivity contribution in [1.29, 1.82) is 0 Å². The normalized spacial score (nSPS) is 11.1. The van der Waals surface area contributed by atoms with Gasteiger partial charge in [0.25, 0.3) is 0 Å². The molecule has 0 unspecified atom stereocenters. The third-order valence-corrected chi connectivity index (χ3v) is 5.25. The van der Waals surface area contributed by atoms with E-state index >= 15 is 0 Å². The molecule has 4 rings (SSSR count). The van der Waals surface area contributed by atoms with E-state index in [0.29, 0.717) is 40.6 Å². The molecule has 0 aliphatic rings. The third kappa shape index (κ3) is 6.11. The lowest BCUT2D eigenvalue weighted by Crippen LogP contribution is -2.12. The number of furan rings is 2. The first-order chi connectivity index (χ1) is 16.0. The molecular weight excluding hydrogens is 438 g/mol. The van der Waals surface area contributed by atoms with Crippen molar-refractivity contribution in [2.24, 2.45) is 0 Å². The van der Waals surface area contributed by atoms with E-state index in [2.05, 4.69) is 5.32 Å². The summed E-state index contributed by atoms with van der Waals surface area (Å²) in [4.78, 5) is 24.6. The zero-order valence-electron chi connectivity index (χ0n) is 18.0. The van der Waals surface area contributed by atoms with E-state index < -0.39 is 0 Å². The Hall–Kier alpha value is -3.83. The number of carbonyl (C=O) groups is 2. The number of benzene rings is 2. The van der Waals surface area contributed by atoms with Gasteiger partial charge in [0.15, 0.2) is 5.78 Å². The van der Waals surface area contributed by atoms with Crippen LogP contribution < -0.4 is 5.32 Å². The van der Waals surface area contributed by atoms with Crippen LogP contribution in [0.5, 0.6) is 0 Å². The lowest BCUT2D eigenvalue weighted by atomic mass is 10.1. The number of hydrogen-bond donors (Lipinski definition) is 1. The lowest BCUT2D eigenvalue weighted by molar-refractivity contribution is -0.116. The van der Waals surface area contributed by atoms with Gasteiger partial charge in [0, 0.05) is 34.7 Å². The number of anilines is 1.